The number of halogens is 2. The zero-order valence-corrected chi connectivity index (χ0v) is 15.7. The molecule has 0 heterocycles. The molecule has 3 atom stereocenters. The number of hydrogen-bond acceptors (Lipinski definition) is 4. The molecule has 0 radical (unpaired) electrons. The normalized spacial score (nSPS) is 14.6. The van der Waals surface area contributed by atoms with Gasteiger partial charge in [-0.25, -0.2) is 0 Å². The number of ether oxygens (including phenoxy) is 2. The fraction of sp³-hybridized carbons (Fsp3) is 0.600. The molecule has 0 aromatic heterocycles. The zero-order valence-electron chi connectivity index (χ0n) is 13.3. The highest BCUT2D eigenvalue weighted by Crippen LogP contribution is 2.25. The maximum absolute atomic E-state index is 11.1. The first-order valence-corrected chi connectivity index (χ1v) is 9.57. The highest BCUT2D eigenvalue weighted by molar-refractivity contribution is 7.38. The highest BCUT2D eigenvalue weighted by atomic mass is 35.5. The molecule has 0 amide bonds. The van der Waals surface area contributed by atoms with Crippen LogP contribution in [-0.4, -0.2) is 30.2 Å². The van der Waals surface area contributed by atoms with Crippen LogP contribution in [0, 0.1) is 0 Å². The van der Waals surface area contributed by atoms with Gasteiger partial charge < -0.3 is 14.8 Å². The minimum Gasteiger partial charge on any atom is -0.311 e. The number of nitrogens with one attached hydrogen (secondary N) is 1. The maximum atomic E-state index is 11.1. The van der Waals surface area contributed by atoms with E-state index in [9.17, 15) is 4.57 Å². The van der Waals surface area contributed by atoms with Crippen molar-refractivity contribution in [1.82, 2.24) is 5.32 Å². The molecular formula is C15H23Cl2NO4P+. The average Bonchev–Trinajstić information content (AvgIpc) is 2.52. The number of benzene rings is 1. The van der Waals surface area contributed by atoms with Gasteiger partial charge >= 0.3 is 14.1 Å². The van der Waals surface area contributed by atoms with E-state index in [-0.39, 0.29) is 6.04 Å². The molecule has 1 aromatic rings. The molecule has 0 fully saturated rings. The third kappa shape index (κ3) is 7.90. The van der Waals surface area contributed by atoms with E-state index in [0.29, 0.717) is 36.2 Å². The van der Waals surface area contributed by atoms with Crippen molar-refractivity contribution in [2.75, 3.05) is 13.2 Å². The van der Waals surface area contributed by atoms with E-state index in [4.69, 9.17) is 37.6 Å². The van der Waals surface area contributed by atoms with Crippen LogP contribution in [0.4, 0.5) is 0 Å². The second-order valence-corrected chi connectivity index (χ2v) is 6.80. The molecule has 1 aromatic carbocycles. The van der Waals surface area contributed by atoms with Crippen molar-refractivity contribution in [2.45, 2.75) is 45.3 Å². The van der Waals surface area contributed by atoms with E-state index in [2.05, 4.69) is 12.2 Å². The van der Waals surface area contributed by atoms with Gasteiger partial charge in [-0.3, -0.25) is 0 Å². The second-order valence-electron chi connectivity index (χ2n) is 4.96. The Kier molecular flexibility index (Phi) is 10.2. The Hall–Kier alpha value is -0.260. The summed E-state index contributed by atoms with van der Waals surface area (Å²) >= 11 is 11.9. The van der Waals surface area contributed by atoms with Crippen molar-refractivity contribution < 1.29 is 18.9 Å². The zero-order chi connectivity index (χ0) is 17.2. The summed E-state index contributed by atoms with van der Waals surface area (Å²) in [5.41, 5.74) is 1.05. The topological polar surface area (TPSA) is 67.8 Å². The van der Waals surface area contributed by atoms with Gasteiger partial charge in [0.15, 0.2) is 0 Å². The van der Waals surface area contributed by atoms with E-state index in [0.717, 1.165) is 12.0 Å². The third-order valence-electron chi connectivity index (χ3n) is 3.29. The molecule has 0 aliphatic heterocycles. The molecule has 0 spiro atoms. The fourth-order valence-corrected chi connectivity index (χ4v) is 2.82. The van der Waals surface area contributed by atoms with E-state index in [1.54, 1.807) is 13.0 Å². The van der Waals surface area contributed by atoms with Crippen molar-refractivity contribution in [3.63, 3.8) is 0 Å². The molecule has 2 N–H and O–H groups in total. The summed E-state index contributed by atoms with van der Waals surface area (Å²) in [6.45, 7) is 5.17. The van der Waals surface area contributed by atoms with Gasteiger partial charge in [0.1, 0.15) is 0 Å². The van der Waals surface area contributed by atoms with E-state index >= 15 is 0 Å². The predicted molar refractivity (Wildman–Crippen MR) is 93.2 cm³/mol. The van der Waals surface area contributed by atoms with Gasteiger partial charge in [-0.15, -0.1) is 0 Å². The van der Waals surface area contributed by atoms with Crippen molar-refractivity contribution in [3.8, 4) is 0 Å². The lowest BCUT2D eigenvalue weighted by molar-refractivity contribution is -0.0898. The number of rotatable bonds is 11. The van der Waals surface area contributed by atoms with Crippen LogP contribution in [0.3, 0.4) is 0 Å². The van der Waals surface area contributed by atoms with Crippen LogP contribution >= 0.6 is 31.2 Å². The lowest BCUT2D eigenvalue weighted by atomic mass is 10.1. The molecule has 0 saturated heterocycles. The molecule has 0 aliphatic rings. The van der Waals surface area contributed by atoms with Crippen molar-refractivity contribution in [2.24, 2.45) is 0 Å². The fourth-order valence-electron chi connectivity index (χ4n) is 1.99. The lowest BCUT2D eigenvalue weighted by Gasteiger charge is -2.17. The summed E-state index contributed by atoms with van der Waals surface area (Å²) < 4.78 is 21.5. The van der Waals surface area contributed by atoms with Gasteiger partial charge in [0, 0.05) is 12.6 Å². The molecule has 130 valence electrons. The van der Waals surface area contributed by atoms with Crippen LogP contribution in [0.25, 0.3) is 0 Å². The summed E-state index contributed by atoms with van der Waals surface area (Å²) in [5, 5.41) is 4.48. The first kappa shape index (κ1) is 20.8. The SMILES string of the molecule is CCOC(OCCC(CC)NCc1ccc(Cl)c(Cl)c1)[P+](=O)O. The van der Waals surface area contributed by atoms with E-state index in [1.807, 2.05) is 12.1 Å². The molecule has 8 heteroatoms. The highest BCUT2D eigenvalue weighted by Gasteiger charge is 2.30. The standard InChI is InChI=1S/C15H22Cl2NO4P/c1-3-12(7-8-22-15(21-4-2)23(19)20)18-10-11-5-6-13(16)14(17)9-11/h5-6,9,12,15,18H,3-4,7-8,10H2,1-2H3/p+1. The van der Waals surface area contributed by atoms with Crippen LogP contribution in [0.15, 0.2) is 18.2 Å². The minimum absolute atomic E-state index is 0.225. The van der Waals surface area contributed by atoms with Crippen LogP contribution < -0.4 is 5.32 Å². The number of hydrogen-bond donors (Lipinski definition) is 2. The van der Waals surface area contributed by atoms with Crippen molar-refractivity contribution in [1.29, 1.82) is 0 Å². The van der Waals surface area contributed by atoms with Gasteiger partial charge in [-0.05, 0) is 42.0 Å². The van der Waals surface area contributed by atoms with Gasteiger partial charge in [-0.1, -0.05) is 36.2 Å². The quantitative estimate of drug-likeness (QED) is 0.440. The molecular weight excluding hydrogens is 360 g/mol. The van der Waals surface area contributed by atoms with Crippen LogP contribution in [-0.2, 0) is 20.6 Å². The first-order valence-electron chi connectivity index (χ1n) is 7.53. The summed E-state index contributed by atoms with van der Waals surface area (Å²) in [7, 11) is -2.50. The molecule has 1 rings (SSSR count). The molecule has 0 aliphatic carbocycles. The minimum atomic E-state index is -2.50. The van der Waals surface area contributed by atoms with Crippen LogP contribution in [0.2, 0.25) is 10.0 Å². The molecule has 0 bridgehead atoms. The van der Waals surface area contributed by atoms with E-state index in [1.165, 1.54) is 0 Å². The van der Waals surface area contributed by atoms with Crippen molar-refractivity contribution in [3.05, 3.63) is 33.8 Å². The Bertz CT molecular complexity index is 504. The molecule has 3 unspecified atom stereocenters. The monoisotopic (exact) mass is 382 g/mol. The molecule has 5 nitrogen and oxygen atoms in total. The summed E-state index contributed by atoms with van der Waals surface area (Å²) in [6, 6.07) is 4.70. The Morgan fingerprint density at radius 3 is 2.57 bits per heavy atom. The van der Waals surface area contributed by atoms with Gasteiger partial charge in [0.2, 0.25) is 0 Å². The average molecular weight is 383 g/mol. The van der Waals surface area contributed by atoms with Gasteiger partial charge in [-0.2, -0.15) is 4.89 Å². The molecule has 0 saturated carbocycles. The summed E-state index contributed by atoms with van der Waals surface area (Å²) in [6.07, 6.45) is 1.62. The molecule has 23 heavy (non-hydrogen) atoms. The van der Waals surface area contributed by atoms with Gasteiger partial charge in [0.25, 0.3) is 0 Å². The Balaban J connectivity index is 2.39. The largest absolute Gasteiger partial charge is 0.569 e. The Labute approximate surface area is 148 Å². The predicted octanol–water partition coefficient (Wildman–Crippen LogP) is 4.32. The second kappa shape index (κ2) is 11.3. The third-order valence-corrected chi connectivity index (χ3v) is 4.69. The Morgan fingerprint density at radius 1 is 1.26 bits per heavy atom. The summed E-state index contributed by atoms with van der Waals surface area (Å²) in [5.74, 6) is 0. The Morgan fingerprint density at radius 2 is 2.00 bits per heavy atom. The lowest BCUT2D eigenvalue weighted by Crippen LogP contribution is -2.30. The first-order chi connectivity index (χ1) is 11.0. The van der Waals surface area contributed by atoms with Crippen molar-refractivity contribution >= 4 is 31.2 Å². The van der Waals surface area contributed by atoms with Gasteiger partial charge in [0.05, 0.1) is 23.3 Å². The summed E-state index contributed by atoms with van der Waals surface area (Å²) in [4.78, 5) is 9.09. The van der Waals surface area contributed by atoms with Crippen LogP contribution in [0.5, 0.6) is 0 Å². The van der Waals surface area contributed by atoms with E-state index < -0.39 is 14.1 Å². The maximum Gasteiger partial charge on any atom is 0.569 e. The smallest absolute Gasteiger partial charge is 0.311 e. The van der Waals surface area contributed by atoms with Crippen LogP contribution in [0.1, 0.15) is 32.3 Å².